The summed E-state index contributed by atoms with van der Waals surface area (Å²) in [5.41, 5.74) is 4.61. The molecule has 0 spiro atoms. The summed E-state index contributed by atoms with van der Waals surface area (Å²) in [4.78, 5) is 0. The molecule has 0 unspecified atom stereocenters. The molecule has 0 radical (unpaired) electrons. The fraction of sp³-hybridized carbons (Fsp3) is 0.143. The number of aryl methyl sites for hydroxylation is 2. The minimum Gasteiger partial charge on any atom is -0.181 e. The highest BCUT2D eigenvalue weighted by Gasteiger charge is 2.10. The van der Waals surface area contributed by atoms with Gasteiger partial charge in [-0.3, -0.25) is 0 Å². The standard InChI is InChI=1S/C14H16N2PS/c1-11-3-7-13(8-4-11)15-17(18)16-14-9-5-12(2)6-10-14/h3-10H,1-2H3,(H2,15,16,18)/q+1. The monoisotopic (exact) mass is 275 g/mol. The molecule has 4 heteroatoms. The highest BCUT2D eigenvalue weighted by atomic mass is 32.4. The van der Waals surface area contributed by atoms with Crippen molar-refractivity contribution in [1.82, 2.24) is 0 Å². The number of benzene rings is 2. The van der Waals surface area contributed by atoms with Gasteiger partial charge in [-0.1, -0.05) is 35.4 Å². The summed E-state index contributed by atoms with van der Waals surface area (Å²) in [7, 11) is 0. The Morgan fingerprint density at radius 2 is 1.06 bits per heavy atom. The number of nitrogens with one attached hydrogen (secondary N) is 2. The molecule has 2 N–H and O–H groups in total. The van der Waals surface area contributed by atoms with Crippen LogP contribution in [0.25, 0.3) is 0 Å². The van der Waals surface area contributed by atoms with Crippen LogP contribution < -0.4 is 10.2 Å². The van der Waals surface area contributed by atoms with E-state index in [1.165, 1.54) is 11.1 Å². The van der Waals surface area contributed by atoms with Crippen molar-refractivity contribution in [3.05, 3.63) is 59.7 Å². The molecule has 2 aromatic carbocycles. The number of rotatable bonds is 4. The molecule has 2 rings (SSSR count). The van der Waals surface area contributed by atoms with Gasteiger partial charge < -0.3 is 0 Å². The first-order chi connectivity index (χ1) is 8.63. The Morgan fingerprint density at radius 3 is 1.39 bits per heavy atom. The van der Waals surface area contributed by atoms with E-state index in [1.807, 2.05) is 24.3 Å². The summed E-state index contributed by atoms with van der Waals surface area (Å²) in [5, 5.41) is 6.60. The Kier molecular flexibility index (Phi) is 4.29. The topological polar surface area (TPSA) is 24.1 Å². The van der Waals surface area contributed by atoms with Gasteiger partial charge in [0, 0.05) is 0 Å². The van der Waals surface area contributed by atoms with Gasteiger partial charge in [-0.2, -0.15) is 10.2 Å². The molecule has 0 aromatic heterocycles. The van der Waals surface area contributed by atoms with Gasteiger partial charge in [-0.25, -0.2) is 0 Å². The second-order valence-corrected chi connectivity index (χ2v) is 6.38. The van der Waals surface area contributed by atoms with Gasteiger partial charge in [-0.15, -0.1) is 0 Å². The Labute approximate surface area is 114 Å². The van der Waals surface area contributed by atoms with Crippen molar-refractivity contribution in [3.63, 3.8) is 0 Å². The van der Waals surface area contributed by atoms with Crippen LogP contribution in [0.5, 0.6) is 0 Å². The first-order valence-electron chi connectivity index (χ1n) is 5.77. The quantitative estimate of drug-likeness (QED) is 0.797. The van der Waals surface area contributed by atoms with Crippen molar-refractivity contribution in [2.45, 2.75) is 13.8 Å². The second-order valence-electron chi connectivity index (χ2n) is 4.25. The molecular weight excluding hydrogens is 259 g/mol. The molecule has 92 valence electrons. The molecular formula is C14H16N2PS+. The van der Waals surface area contributed by atoms with Gasteiger partial charge in [0.15, 0.2) is 0 Å². The van der Waals surface area contributed by atoms with Crippen LogP contribution in [0.1, 0.15) is 11.1 Å². The van der Waals surface area contributed by atoms with Crippen molar-refractivity contribution < 1.29 is 0 Å². The molecule has 2 nitrogen and oxygen atoms in total. The average molecular weight is 275 g/mol. The number of hydrogen-bond donors (Lipinski definition) is 2. The highest BCUT2D eigenvalue weighted by molar-refractivity contribution is 8.06. The third-order valence-corrected chi connectivity index (χ3v) is 4.03. The van der Waals surface area contributed by atoms with Crippen molar-refractivity contribution in [1.29, 1.82) is 0 Å². The first-order valence-corrected chi connectivity index (χ1v) is 8.13. The van der Waals surface area contributed by atoms with Gasteiger partial charge in [0.2, 0.25) is 11.8 Å². The van der Waals surface area contributed by atoms with E-state index < -0.39 is 7.00 Å². The van der Waals surface area contributed by atoms with E-state index in [9.17, 15) is 0 Å². The summed E-state index contributed by atoms with van der Waals surface area (Å²) in [6.07, 6.45) is 0. The molecule has 0 saturated carbocycles. The summed E-state index contributed by atoms with van der Waals surface area (Å²) < 4.78 is 0. The zero-order chi connectivity index (χ0) is 13.0. The normalized spacial score (nSPS) is 9.89. The van der Waals surface area contributed by atoms with E-state index >= 15 is 0 Å². The van der Waals surface area contributed by atoms with E-state index in [0.29, 0.717) is 0 Å². The molecule has 0 saturated heterocycles. The molecule has 0 amide bonds. The van der Waals surface area contributed by atoms with E-state index in [2.05, 4.69) is 48.3 Å². The molecule has 2 aromatic rings. The van der Waals surface area contributed by atoms with Gasteiger partial charge in [-0.05, 0) is 38.1 Å². The number of anilines is 2. The maximum atomic E-state index is 5.41. The van der Waals surface area contributed by atoms with Gasteiger partial charge in [0.05, 0.1) is 11.4 Å². The van der Waals surface area contributed by atoms with Crippen LogP contribution in [0.15, 0.2) is 48.5 Å². The Hall–Kier alpha value is -1.44. The van der Waals surface area contributed by atoms with E-state index in [-0.39, 0.29) is 0 Å². The summed E-state index contributed by atoms with van der Waals surface area (Å²) >= 11 is 5.41. The van der Waals surface area contributed by atoms with Crippen LogP contribution in [-0.4, -0.2) is 0 Å². The Bertz CT molecular complexity index is 485. The van der Waals surface area contributed by atoms with Crippen LogP contribution in [0, 0.1) is 13.8 Å². The zero-order valence-electron chi connectivity index (χ0n) is 10.5. The molecule has 0 aliphatic rings. The lowest BCUT2D eigenvalue weighted by atomic mass is 10.2. The lowest BCUT2D eigenvalue weighted by Gasteiger charge is -2.01. The van der Waals surface area contributed by atoms with E-state index in [4.69, 9.17) is 11.8 Å². The second kappa shape index (κ2) is 5.94. The average Bonchev–Trinajstić information content (AvgIpc) is 2.35. The first kappa shape index (κ1) is 13.0. The summed E-state index contributed by atoms with van der Waals surface area (Å²) in [6.45, 7) is 3.28. The smallest absolute Gasteiger partial charge is 0.181 e. The van der Waals surface area contributed by atoms with Crippen LogP contribution in [-0.2, 0) is 11.8 Å². The van der Waals surface area contributed by atoms with Crippen molar-refractivity contribution in [3.8, 4) is 0 Å². The Balaban J connectivity index is 1.96. The zero-order valence-corrected chi connectivity index (χ0v) is 12.2. The van der Waals surface area contributed by atoms with Gasteiger partial charge in [0.1, 0.15) is 0 Å². The minimum absolute atomic E-state index is 0.869. The molecule has 0 bridgehead atoms. The predicted molar refractivity (Wildman–Crippen MR) is 83.9 cm³/mol. The maximum Gasteiger partial charge on any atom is 0.418 e. The molecule has 18 heavy (non-hydrogen) atoms. The third kappa shape index (κ3) is 3.80. The van der Waals surface area contributed by atoms with Crippen molar-refractivity contribution in [2.75, 3.05) is 10.2 Å². The highest BCUT2D eigenvalue weighted by Crippen LogP contribution is 2.26. The largest absolute Gasteiger partial charge is 0.418 e. The SMILES string of the molecule is Cc1ccc(N[P+](=S)Nc2ccc(C)cc2)cc1. The van der Waals surface area contributed by atoms with Gasteiger partial charge >= 0.3 is 7.00 Å². The van der Waals surface area contributed by atoms with Crippen molar-refractivity contribution in [2.24, 2.45) is 0 Å². The van der Waals surface area contributed by atoms with Crippen LogP contribution in [0.4, 0.5) is 11.4 Å². The van der Waals surface area contributed by atoms with Gasteiger partial charge in [0.25, 0.3) is 0 Å². The lowest BCUT2D eigenvalue weighted by molar-refractivity contribution is 1.47. The number of hydrogen-bond acceptors (Lipinski definition) is 1. The van der Waals surface area contributed by atoms with Crippen LogP contribution >= 0.6 is 7.00 Å². The summed E-state index contributed by atoms with van der Waals surface area (Å²) in [6, 6.07) is 16.5. The van der Waals surface area contributed by atoms with E-state index in [0.717, 1.165) is 11.4 Å². The molecule has 0 aliphatic heterocycles. The molecule has 0 heterocycles. The van der Waals surface area contributed by atoms with E-state index in [1.54, 1.807) is 0 Å². The van der Waals surface area contributed by atoms with Crippen LogP contribution in [0.2, 0.25) is 0 Å². The maximum absolute atomic E-state index is 5.41. The van der Waals surface area contributed by atoms with Crippen molar-refractivity contribution >= 4 is 30.2 Å². The third-order valence-electron chi connectivity index (χ3n) is 2.56. The molecule has 0 fully saturated rings. The minimum atomic E-state index is -0.869. The Morgan fingerprint density at radius 1 is 0.722 bits per heavy atom. The predicted octanol–water partition coefficient (Wildman–Crippen LogP) is 4.60. The van der Waals surface area contributed by atoms with Crippen LogP contribution in [0.3, 0.4) is 0 Å². The lowest BCUT2D eigenvalue weighted by Crippen LogP contribution is -1.94. The fourth-order valence-electron chi connectivity index (χ4n) is 1.52. The fourth-order valence-corrected chi connectivity index (χ4v) is 2.97. The summed E-state index contributed by atoms with van der Waals surface area (Å²) in [5.74, 6) is 0. The molecule has 0 atom stereocenters. The molecule has 0 aliphatic carbocycles.